The molecule has 0 unspecified atom stereocenters. The van der Waals surface area contributed by atoms with Crippen molar-refractivity contribution < 1.29 is 0 Å². The molecule has 11 rings (SSSR count). The van der Waals surface area contributed by atoms with Crippen LogP contribution in [0.2, 0.25) is 0 Å². The Bertz CT molecular complexity index is 3400. The van der Waals surface area contributed by atoms with Crippen LogP contribution < -0.4 is 0 Å². The minimum Gasteiger partial charge on any atom is -0.309 e. The highest BCUT2D eigenvalue weighted by Gasteiger charge is 2.21. The van der Waals surface area contributed by atoms with Gasteiger partial charge in [0.25, 0.3) is 0 Å². The second kappa shape index (κ2) is 11.8. The smallest absolute Gasteiger partial charge is 0.101 e. The second-order valence-electron chi connectivity index (χ2n) is 14.0. The van der Waals surface area contributed by atoms with Gasteiger partial charge in [-0.1, -0.05) is 103 Å². The van der Waals surface area contributed by atoms with Gasteiger partial charge in [0.2, 0.25) is 0 Å². The number of aromatic nitrogens is 3. The van der Waals surface area contributed by atoms with Gasteiger partial charge in [0.1, 0.15) is 6.07 Å². The summed E-state index contributed by atoms with van der Waals surface area (Å²) in [6.07, 6.45) is 0. The van der Waals surface area contributed by atoms with Crippen LogP contribution in [0.1, 0.15) is 11.1 Å². The first kappa shape index (κ1) is 30.7. The number of benzene rings is 8. The summed E-state index contributed by atoms with van der Waals surface area (Å²) in [4.78, 5) is 0. The maximum absolute atomic E-state index is 10.1. The van der Waals surface area contributed by atoms with Crippen LogP contribution in [0, 0.1) is 22.7 Å². The summed E-state index contributed by atoms with van der Waals surface area (Å²) in [5.41, 5.74) is 12.7. The number of nitrogens with zero attached hydrogens (tertiary/aromatic N) is 5. The van der Waals surface area contributed by atoms with E-state index in [0.29, 0.717) is 11.1 Å². The summed E-state index contributed by atoms with van der Waals surface area (Å²) in [5, 5.41) is 27.2. The molecule has 0 atom stereocenters. The average Bonchev–Trinajstić information content (AvgIpc) is 3.89. The van der Waals surface area contributed by atoms with Crippen molar-refractivity contribution in [2.24, 2.45) is 0 Å². The van der Waals surface area contributed by atoms with E-state index >= 15 is 0 Å². The van der Waals surface area contributed by atoms with E-state index in [9.17, 15) is 10.5 Å². The summed E-state index contributed by atoms with van der Waals surface area (Å²) >= 11 is 0. The van der Waals surface area contributed by atoms with Gasteiger partial charge in [-0.25, -0.2) is 0 Å². The Labute approximate surface area is 316 Å². The van der Waals surface area contributed by atoms with Crippen molar-refractivity contribution in [2.75, 3.05) is 0 Å². The molecule has 5 nitrogen and oxygen atoms in total. The topological polar surface area (TPSA) is 62.4 Å². The maximum atomic E-state index is 10.1. The monoisotopic (exact) mass is 699 g/mol. The van der Waals surface area contributed by atoms with Gasteiger partial charge in [0, 0.05) is 43.6 Å². The van der Waals surface area contributed by atoms with Crippen LogP contribution in [-0.4, -0.2) is 13.7 Å². The van der Waals surface area contributed by atoms with Crippen molar-refractivity contribution in [2.45, 2.75) is 0 Å². The van der Waals surface area contributed by atoms with Gasteiger partial charge in [-0.2, -0.15) is 10.5 Å². The molecule has 0 saturated heterocycles. The Morgan fingerprint density at radius 3 is 1.56 bits per heavy atom. The Kier molecular flexibility index (Phi) is 6.61. The summed E-state index contributed by atoms with van der Waals surface area (Å²) in [5.74, 6) is 0. The number of hydrogen-bond acceptors (Lipinski definition) is 2. The van der Waals surface area contributed by atoms with E-state index in [1.165, 1.54) is 10.8 Å². The molecule has 254 valence electrons. The molecular formula is C50H29N5. The molecule has 55 heavy (non-hydrogen) atoms. The Morgan fingerprint density at radius 2 is 0.909 bits per heavy atom. The zero-order chi connectivity index (χ0) is 36.6. The first-order valence-electron chi connectivity index (χ1n) is 18.3. The van der Waals surface area contributed by atoms with Gasteiger partial charge in [-0.15, -0.1) is 0 Å². The third kappa shape index (κ3) is 4.39. The fraction of sp³-hybridized carbons (Fsp3) is 0. The average molecular weight is 700 g/mol. The molecule has 0 saturated carbocycles. The van der Waals surface area contributed by atoms with Gasteiger partial charge in [-0.05, 0) is 78.4 Å². The third-order valence-electron chi connectivity index (χ3n) is 11.1. The summed E-state index contributed by atoms with van der Waals surface area (Å²) in [6, 6.07) is 65.9. The normalized spacial score (nSPS) is 11.6. The van der Waals surface area contributed by atoms with Gasteiger partial charge in [0.05, 0.1) is 61.7 Å². The summed E-state index contributed by atoms with van der Waals surface area (Å²) in [6.45, 7) is 0. The summed E-state index contributed by atoms with van der Waals surface area (Å²) < 4.78 is 6.93. The largest absolute Gasteiger partial charge is 0.309 e. The van der Waals surface area contributed by atoms with Crippen molar-refractivity contribution in [3.05, 3.63) is 187 Å². The predicted molar refractivity (Wildman–Crippen MR) is 224 cm³/mol. The van der Waals surface area contributed by atoms with Crippen molar-refractivity contribution in [3.63, 3.8) is 0 Å². The van der Waals surface area contributed by atoms with Crippen LogP contribution in [0.4, 0.5) is 0 Å². The van der Waals surface area contributed by atoms with Crippen molar-refractivity contribution in [1.29, 1.82) is 10.5 Å². The first-order chi connectivity index (χ1) is 27.2. The zero-order valence-corrected chi connectivity index (χ0v) is 29.5. The molecule has 3 aromatic heterocycles. The van der Waals surface area contributed by atoms with Crippen LogP contribution in [-0.2, 0) is 0 Å². The molecule has 0 spiro atoms. The lowest BCUT2D eigenvalue weighted by molar-refractivity contribution is 1.16. The molecule has 11 aromatic rings. The Morgan fingerprint density at radius 1 is 0.382 bits per heavy atom. The molecular weight excluding hydrogens is 671 g/mol. The molecule has 0 aliphatic rings. The molecule has 0 bridgehead atoms. The molecule has 0 radical (unpaired) electrons. The van der Waals surface area contributed by atoms with E-state index in [2.05, 4.69) is 165 Å². The van der Waals surface area contributed by atoms with Crippen LogP contribution in [0.5, 0.6) is 0 Å². The molecule has 0 aliphatic heterocycles. The molecule has 0 N–H and O–H groups in total. The van der Waals surface area contributed by atoms with Crippen molar-refractivity contribution >= 4 is 65.4 Å². The van der Waals surface area contributed by atoms with E-state index in [0.717, 1.165) is 82.8 Å². The van der Waals surface area contributed by atoms with Gasteiger partial charge in [0.15, 0.2) is 0 Å². The first-order valence-corrected chi connectivity index (χ1v) is 18.3. The molecule has 0 aliphatic carbocycles. The van der Waals surface area contributed by atoms with E-state index in [1.54, 1.807) is 0 Å². The number of para-hydroxylation sites is 5. The fourth-order valence-electron chi connectivity index (χ4n) is 8.83. The zero-order valence-electron chi connectivity index (χ0n) is 29.5. The summed E-state index contributed by atoms with van der Waals surface area (Å²) in [7, 11) is 0. The van der Waals surface area contributed by atoms with E-state index in [-0.39, 0.29) is 0 Å². The Balaban J connectivity index is 1.15. The predicted octanol–water partition coefficient (Wildman–Crippen LogP) is 12.4. The van der Waals surface area contributed by atoms with Crippen LogP contribution in [0.25, 0.3) is 93.6 Å². The van der Waals surface area contributed by atoms with E-state index < -0.39 is 0 Å². The van der Waals surface area contributed by atoms with Gasteiger partial charge in [-0.3, -0.25) is 0 Å². The SMILES string of the molecule is N#Cc1ccc(-n2c3ccccc3c3c(-n4c5ccccc5c5ccccc54)cccc32)c(-c2ccc(-n3c4ccccc4c4cccc(C#N)c43)cc2)c1. The van der Waals surface area contributed by atoms with Crippen LogP contribution >= 0.6 is 0 Å². The van der Waals surface area contributed by atoms with Gasteiger partial charge >= 0.3 is 0 Å². The van der Waals surface area contributed by atoms with Crippen molar-refractivity contribution in [1.82, 2.24) is 13.7 Å². The number of fused-ring (bicyclic) bond motifs is 9. The van der Waals surface area contributed by atoms with Crippen LogP contribution in [0.15, 0.2) is 176 Å². The van der Waals surface area contributed by atoms with Gasteiger partial charge < -0.3 is 13.7 Å². The maximum Gasteiger partial charge on any atom is 0.101 e. The fourth-order valence-corrected chi connectivity index (χ4v) is 8.83. The molecule has 0 fully saturated rings. The van der Waals surface area contributed by atoms with E-state index in [4.69, 9.17) is 0 Å². The number of hydrogen-bond donors (Lipinski definition) is 0. The lowest BCUT2D eigenvalue weighted by Gasteiger charge is -2.16. The molecule has 8 aromatic carbocycles. The number of nitriles is 2. The minimum absolute atomic E-state index is 0.593. The number of rotatable bonds is 4. The molecule has 5 heteroatoms. The molecule has 3 heterocycles. The highest BCUT2D eigenvalue weighted by Crippen LogP contribution is 2.42. The van der Waals surface area contributed by atoms with Crippen LogP contribution in [0.3, 0.4) is 0 Å². The lowest BCUT2D eigenvalue weighted by Crippen LogP contribution is -2.00. The van der Waals surface area contributed by atoms with E-state index in [1.807, 2.05) is 36.4 Å². The highest BCUT2D eigenvalue weighted by atomic mass is 15.0. The second-order valence-corrected chi connectivity index (χ2v) is 14.0. The highest BCUT2D eigenvalue weighted by molar-refractivity contribution is 6.17. The standard InChI is InChI=1S/C50H29N5/c51-30-32-23-28-46(41(29-32)33-24-26-35(27-25-33)53-42-17-5-3-14-38(42)39-16-9-11-34(31-52)50(39)53)55-45-20-8-4-15-40(45)49-47(21-10-22-48(49)55)54-43-18-6-1-12-36(43)37-13-2-7-19-44(37)54/h1-29H. The lowest BCUT2D eigenvalue weighted by atomic mass is 10.00. The third-order valence-corrected chi connectivity index (χ3v) is 11.1. The van der Waals surface area contributed by atoms with Crippen molar-refractivity contribution in [3.8, 4) is 40.3 Å². The Hall–Kier alpha value is -7.86. The minimum atomic E-state index is 0.593. The molecule has 0 amide bonds. The quantitative estimate of drug-likeness (QED) is 0.184.